The molecular weight excluding hydrogens is 306 g/mol. The smallest absolute Gasteiger partial charge is 0.0719 e. The van der Waals surface area contributed by atoms with Gasteiger partial charge in [-0.05, 0) is 63.2 Å². The van der Waals surface area contributed by atoms with Crippen molar-refractivity contribution >= 4 is 11.8 Å². The molecule has 130 valence electrons. The van der Waals surface area contributed by atoms with Crippen LogP contribution in [0.15, 0.2) is 82.8 Å². The number of rotatable bonds is 7. The van der Waals surface area contributed by atoms with Gasteiger partial charge in [-0.15, -0.1) is 0 Å². The molecule has 3 N–H and O–H groups in total. The molecule has 1 aliphatic rings. The summed E-state index contributed by atoms with van der Waals surface area (Å²) >= 11 is 0. The van der Waals surface area contributed by atoms with E-state index in [-0.39, 0.29) is 0 Å². The number of hydrogen-bond acceptors (Lipinski definition) is 3. The lowest BCUT2D eigenvalue weighted by Gasteiger charge is -2.14. The monoisotopic (exact) mass is 333 g/mol. The number of nitrogens with two attached hydrogens (primary N) is 1. The average molecular weight is 333 g/mol. The summed E-state index contributed by atoms with van der Waals surface area (Å²) < 4.78 is 0. The molecule has 0 aromatic heterocycles. The number of aliphatic imine (C=N–C) groups is 1. The lowest BCUT2D eigenvalue weighted by Crippen LogP contribution is -2.12. The van der Waals surface area contributed by atoms with Gasteiger partial charge in [0.1, 0.15) is 0 Å². The van der Waals surface area contributed by atoms with Crippen molar-refractivity contribution in [3.63, 3.8) is 0 Å². The van der Waals surface area contributed by atoms with Crippen LogP contribution in [0, 0.1) is 6.92 Å². The number of allylic oxidation sites excluding steroid dienone is 5. The highest BCUT2D eigenvalue weighted by atomic mass is 14.9. The Kier molecular flexibility index (Phi) is 6.72. The number of aryl methyl sites for hydroxylation is 1. The van der Waals surface area contributed by atoms with Gasteiger partial charge in [0.05, 0.1) is 11.4 Å². The summed E-state index contributed by atoms with van der Waals surface area (Å²) in [6, 6.07) is 8.45. The molecule has 1 aromatic rings. The van der Waals surface area contributed by atoms with Crippen LogP contribution in [0.4, 0.5) is 0 Å². The van der Waals surface area contributed by atoms with Crippen molar-refractivity contribution in [2.75, 3.05) is 6.54 Å². The highest BCUT2D eigenvalue weighted by Crippen LogP contribution is 2.28. The summed E-state index contributed by atoms with van der Waals surface area (Å²) in [4.78, 5) is 4.82. The number of benzene rings is 1. The van der Waals surface area contributed by atoms with Crippen LogP contribution in [0.3, 0.4) is 0 Å². The molecule has 3 nitrogen and oxygen atoms in total. The van der Waals surface area contributed by atoms with Crippen molar-refractivity contribution in [2.24, 2.45) is 10.7 Å². The molecule has 0 amide bonds. The van der Waals surface area contributed by atoms with E-state index in [1.54, 1.807) is 6.20 Å². The van der Waals surface area contributed by atoms with E-state index in [2.05, 4.69) is 68.2 Å². The van der Waals surface area contributed by atoms with E-state index < -0.39 is 0 Å². The highest BCUT2D eigenvalue weighted by molar-refractivity contribution is 6.09. The molecule has 0 aliphatic carbocycles. The van der Waals surface area contributed by atoms with Crippen LogP contribution in [-0.2, 0) is 0 Å². The van der Waals surface area contributed by atoms with Crippen LogP contribution in [0.2, 0.25) is 0 Å². The van der Waals surface area contributed by atoms with Crippen molar-refractivity contribution in [1.29, 1.82) is 0 Å². The fourth-order valence-electron chi connectivity index (χ4n) is 2.77. The van der Waals surface area contributed by atoms with E-state index in [0.717, 1.165) is 34.7 Å². The maximum Gasteiger partial charge on any atom is 0.0719 e. The van der Waals surface area contributed by atoms with Crippen molar-refractivity contribution in [3.8, 4) is 0 Å². The first kappa shape index (κ1) is 18.7. The lowest BCUT2D eigenvalue weighted by molar-refractivity contribution is 0.901. The van der Waals surface area contributed by atoms with Crippen LogP contribution in [0.1, 0.15) is 31.4 Å². The molecule has 25 heavy (non-hydrogen) atoms. The van der Waals surface area contributed by atoms with Gasteiger partial charge in [-0.1, -0.05) is 48.6 Å². The van der Waals surface area contributed by atoms with Crippen LogP contribution in [0.5, 0.6) is 0 Å². The molecule has 0 bridgehead atoms. The Morgan fingerprint density at radius 2 is 1.92 bits per heavy atom. The first-order valence-corrected chi connectivity index (χ1v) is 8.58. The first-order chi connectivity index (χ1) is 12.1. The molecule has 0 radical (unpaired) electrons. The fourth-order valence-corrected chi connectivity index (χ4v) is 2.77. The molecular formula is C22H27N3. The zero-order valence-electron chi connectivity index (χ0n) is 15.3. The van der Waals surface area contributed by atoms with Gasteiger partial charge in [-0.25, -0.2) is 4.99 Å². The van der Waals surface area contributed by atoms with E-state index in [4.69, 9.17) is 10.7 Å². The summed E-state index contributed by atoms with van der Waals surface area (Å²) in [5.41, 5.74) is 13.5. The molecule has 1 aromatic carbocycles. The largest absolute Gasteiger partial charge is 0.362 e. The third kappa shape index (κ3) is 4.91. The van der Waals surface area contributed by atoms with Crippen LogP contribution >= 0.6 is 0 Å². The Morgan fingerprint density at radius 3 is 2.52 bits per heavy atom. The van der Waals surface area contributed by atoms with Gasteiger partial charge in [0.15, 0.2) is 0 Å². The molecule has 1 heterocycles. The maximum atomic E-state index is 5.82. The molecule has 2 rings (SSSR count). The number of hydrogen-bond donors (Lipinski definition) is 2. The Morgan fingerprint density at radius 1 is 1.20 bits per heavy atom. The van der Waals surface area contributed by atoms with Crippen molar-refractivity contribution in [3.05, 3.63) is 88.9 Å². The zero-order valence-corrected chi connectivity index (χ0v) is 15.3. The second-order valence-corrected chi connectivity index (χ2v) is 6.02. The fraction of sp³-hybridized carbons (Fsp3) is 0.227. The third-order valence-corrected chi connectivity index (χ3v) is 4.05. The predicted octanol–water partition coefficient (Wildman–Crippen LogP) is 4.65. The van der Waals surface area contributed by atoms with Crippen LogP contribution in [-0.4, -0.2) is 12.3 Å². The molecule has 0 saturated carbocycles. The molecule has 1 aliphatic heterocycles. The molecule has 0 fully saturated rings. The minimum Gasteiger partial charge on any atom is -0.362 e. The predicted molar refractivity (Wildman–Crippen MR) is 109 cm³/mol. The molecule has 0 unspecified atom stereocenters. The van der Waals surface area contributed by atoms with Crippen molar-refractivity contribution in [2.45, 2.75) is 27.2 Å². The molecule has 0 spiro atoms. The third-order valence-electron chi connectivity index (χ3n) is 4.05. The normalized spacial score (nSPS) is 16.7. The Bertz CT molecular complexity index is 772. The summed E-state index contributed by atoms with van der Waals surface area (Å²) in [5.74, 6) is 0. The highest BCUT2D eigenvalue weighted by Gasteiger charge is 2.16. The van der Waals surface area contributed by atoms with Gasteiger partial charge < -0.3 is 11.1 Å². The standard InChI is InChI=1S/C22H27N3/c1-5-21(24-6-2)20(13-14-23)22-17(4)15-19(25-22)12-11-18-9-7-16(3)8-10-18/h5-12,15,24H,2,13-14,23H2,1,3-4H3/b12-11+,21-5-,22-20-. The summed E-state index contributed by atoms with van der Waals surface area (Å²) in [5, 5.41) is 3.19. The van der Waals surface area contributed by atoms with Crippen LogP contribution < -0.4 is 11.1 Å². The van der Waals surface area contributed by atoms with Gasteiger partial charge in [0.25, 0.3) is 0 Å². The second-order valence-electron chi connectivity index (χ2n) is 6.02. The minimum atomic E-state index is 0.576. The molecule has 0 atom stereocenters. The van der Waals surface area contributed by atoms with Gasteiger partial charge >= 0.3 is 0 Å². The average Bonchev–Trinajstić information content (AvgIpc) is 2.98. The summed E-state index contributed by atoms with van der Waals surface area (Å²) in [6.07, 6.45) is 10.7. The molecule has 3 heteroatoms. The van der Waals surface area contributed by atoms with E-state index in [1.807, 2.05) is 13.0 Å². The molecule has 0 saturated heterocycles. The van der Waals surface area contributed by atoms with E-state index in [0.29, 0.717) is 6.54 Å². The van der Waals surface area contributed by atoms with Crippen molar-refractivity contribution < 1.29 is 0 Å². The van der Waals surface area contributed by atoms with Gasteiger partial charge in [-0.2, -0.15) is 0 Å². The second kappa shape index (κ2) is 9.00. The summed E-state index contributed by atoms with van der Waals surface area (Å²) in [6.45, 7) is 10.5. The SMILES string of the molecule is C=CNC(=C\C)/C(CCN)=C1N=C(/C=C/c2ccc(C)cc2)C=C\1C. The lowest BCUT2D eigenvalue weighted by atomic mass is 10.0. The van der Waals surface area contributed by atoms with E-state index in [1.165, 1.54) is 11.1 Å². The van der Waals surface area contributed by atoms with Crippen molar-refractivity contribution in [1.82, 2.24) is 5.32 Å². The van der Waals surface area contributed by atoms with Gasteiger partial charge in [0, 0.05) is 11.3 Å². The van der Waals surface area contributed by atoms with E-state index >= 15 is 0 Å². The van der Waals surface area contributed by atoms with Gasteiger partial charge in [-0.3, -0.25) is 0 Å². The Labute approximate surface area is 151 Å². The first-order valence-electron chi connectivity index (χ1n) is 8.58. The Hall–Kier alpha value is -2.65. The minimum absolute atomic E-state index is 0.576. The topological polar surface area (TPSA) is 50.4 Å². The van der Waals surface area contributed by atoms with Crippen LogP contribution in [0.25, 0.3) is 6.08 Å². The summed E-state index contributed by atoms with van der Waals surface area (Å²) in [7, 11) is 0. The maximum absolute atomic E-state index is 5.82. The Balaban J connectivity index is 2.33. The number of nitrogens with zero attached hydrogens (tertiary/aromatic N) is 1. The van der Waals surface area contributed by atoms with E-state index in [9.17, 15) is 0 Å². The number of nitrogens with one attached hydrogen (secondary N) is 1. The van der Waals surface area contributed by atoms with Gasteiger partial charge in [0.2, 0.25) is 0 Å². The quantitative estimate of drug-likeness (QED) is 0.763. The zero-order chi connectivity index (χ0) is 18.2.